The van der Waals surface area contributed by atoms with E-state index in [2.05, 4.69) is 5.32 Å². The third kappa shape index (κ3) is 13.6. The molecule has 0 aliphatic carbocycles. The maximum Gasteiger partial charge on any atom is 1.00 e. The molecule has 0 rings (SSSR count). The zero-order chi connectivity index (χ0) is 23.5. The Labute approximate surface area is 232 Å². The number of hydrogen-bond acceptors (Lipinski definition) is 10. The Bertz CT molecular complexity index is 697. The molecule has 32 heavy (non-hydrogen) atoms. The number of nitrogens with two attached hydrogens (primary N) is 1. The molecule has 0 heterocycles. The van der Waals surface area contributed by atoms with Crippen LogP contribution in [0.15, 0.2) is 0 Å². The number of carbonyl (C=O) groups excluding carboxylic acids is 4. The van der Waals surface area contributed by atoms with Crippen LogP contribution in [0, 0.1) is 0 Å². The number of thioether (sulfide) groups is 1. The van der Waals surface area contributed by atoms with Crippen LogP contribution in [0.3, 0.4) is 0 Å². The summed E-state index contributed by atoms with van der Waals surface area (Å²) in [5.74, 6) is -8.19. The Balaban J connectivity index is -0.00000420. The topological polar surface area (TPSA) is 239 Å². The first-order valence-corrected chi connectivity index (χ1v) is 9.65. The van der Waals surface area contributed by atoms with E-state index in [-0.39, 0.29) is 72.0 Å². The molecule has 3 unspecified atom stereocenters. The molecule has 0 aromatic carbocycles. The van der Waals surface area contributed by atoms with Crippen LogP contribution in [0.5, 0.6) is 0 Å². The summed E-state index contributed by atoms with van der Waals surface area (Å²) in [4.78, 5) is 68.0. The summed E-state index contributed by atoms with van der Waals surface area (Å²) in [5.41, 5.74) is 5.23. The van der Waals surface area contributed by atoms with Gasteiger partial charge in [-0.25, -0.2) is 0 Å². The third-order valence-electron chi connectivity index (χ3n) is 3.97. The van der Waals surface area contributed by atoms with Crippen molar-refractivity contribution in [1.82, 2.24) is 10.6 Å². The Morgan fingerprint density at radius 1 is 1.09 bits per heavy atom. The average molecular weight is 495 g/mol. The molecular weight excluding hydrogens is 472 g/mol. The second-order valence-corrected chi connectivity index (χ2v) is 7.61. The monoisotopic (exact) mass is 495 g/mol. The van der Waals surface area contributed by atoms with Crippen LogP contribution < -0.4 is 85.7 Å². The Morgan fingerprint density at radius 2 is 1.66 bits per heavy atom. The van der Waals surface area contributed by atoms with Crippen molar-refractivity contribution in [3.63, 3.8) is 0 Å². The summed E-state index contributed by atoms with van der Waals surface area (Å²) in [7, 11) is 0. The Morgan fingerprint density at radius 3 is 2.06 bits per heavy atom. The van der Waals surface area contributed by atoms with Gasteiger partial charge in [0.05, 0.1) is 24.9 Å². The number of carbonyl (C=O) groups is 6. The average Bonchev–Trinajstić information content (AvgIpc) is 2.65. The van der Waals surface area contributed by atoms with E-state index >= 15 is 0 Å². The van der Waals surface area contributed by atoms with Crippen molar-refractivity contribution in [3.05, 3.63) is 0 Å². The van der Waals surface area contributed by atoms with Crippen LogP contribution in [0.4, 0.5) is 0 Å². The van der Waals surface area contributed by atoms with Crippen LogP contribution in [0.2, 0.25) is 0 Å². The van der Waals surface area contributed by atoms with E-state index in [0.29, 0.717) is 11.8 Å². The minimum absolute atomic E-state index is 0. The summed E-state index contributed by atoms with van der Waals surface area (Å²) in [6, 6.07) is -2.86. The molecule has 0 radical (unpaired) electrons. The SMILES string of the molecule is CCC(CC(=O)O)(SCC(NC(=O)CCC(N)C(=O)[O-])C(=O)NCC(=O)[O-])C(=O)O.[Na+].[Na+]. The van der Waals surface area contributed by atoms with Crippen molar-refractivity contribution in [3.8, 4) is 0 Å². The summed E-state index contributed by atoms with van der Waals surface area (Å²) in [5, 5.41) is 43.8. The van der Waals surface area contributed by atoms with Gasteiger partial charge in [-0.2, -0.15) is 0 Å². The van der Waals surface area contributed by atoms with Crippen LogP contribution in [0.25, 0.3) is 0 Å². The van der Waals surface area contributed by atoms with Crippen LogP contribution in [-0.2, 0) is 28.8 Å². The van der Waals surface area contributed by atoms with Gasteiger partial charge in [0.1, 0.15) is 10.8 Å². The van der Waals surface area contributed by atoms with Crippen LogP contribution in [-0.4, -0.2) is 75.0 Å². The summed E-state index contributed by atoms with van der Waals surface area (Å²) in [6.07, 6.45) is -1.58. The first-order chi connectivity index (χ1) is 13.8. The van der Waals surface area contributed by atoms with Gasteiger partial charge in [0.25, 0.3) is 0 Å². The molecule has 2 amide bonds. The zero-order valence-corrected chi connectivity index (χ0v) is 22.9. The summed E-state index contributed by atoms with van der Waals surface area (Å²) < 4.78 is -1.79. The zero-order valence-electron chi connectivity index (χ0n) is 18.0. The molecule has 13 nitrogen and oxygen atoms in total. The second-order valence-electron chi connectivity index (χ2n) is 6.21. The van der Waals surface area contributed by atoms with Crippen LogP contribution in [0.1, 0.15) is 32.6 Å². The van der Waals surface area contributed by atoms with Gasteiger partial charge >= 0.3 is 71.1 Å². The first-order valence-electron chi connectivity index (χ1n) is 8.67. The van der Waals surface area contributed by atoms with Crippen molar-refractivity contribution in [1.29, 1.82) is 0 Å². The normalized spacial score (nSPS) is 13.7. The van der Waals surface area contributed by atoms with Gasteiger partial charge in [0.2, 0.25) is 11.8 Å². The van der Waals surface area contributed by atoms with Gasteiger partial charge in [-0.1, -0.05) is 6.92 Å². The number of carboxylic acids is 4. The van der Waals surface area contributed by atoms with Crippen molar-refractivity contribution in [2.75, 3.05) is 12.3 Å². The van der Waals surface area contributed by atoms with E-state index in [1.165, 1.54) is 6.92 Å². The number of amides is 2. The smallest absolute Gasteiger partial charge is 0.548 e. The molecule has 16 heteroatoms. The van der Waals surface area contributed by atoms with E-state index in [9.17, 15) is 44.1 Å². The number of nitrogens with one attached hydrogen (secondary N) is 2. The fraction of sp³-hybridized carbons (Fsp3) is 0.625. The first kappa shape index (κ1) is 35.7. The molecule has 0 spiro atoms. The van der Waals surface area contributed by atoms with Crippen molar-refractivity contribution < 1.29 is 108 Å². The molecule has 0 bridgehead atoms. The molecule has 0 aromatic rings. The predicted molar refractivity (Wildman–Crippen MR) is 97.5 cm³/mol. The molecule has 3 atom stereocenters. The molecule has 0 saturated heterocycles. The summed E-state index contributed by atoms with van der Waals surface area (Å²) >= 11 is 0.600. The van der Waals surface area contributed by atoms with Gasteiger partial charge < -0.3 is 46.4 Å². The van der Waals surface area contributed by atoms with Gasteiger partial charge in [0, 0.05) is 18.2 Å². The molecule has 6 N–H and O–H groups in total. The number of carboxylic acid groups (broad SMARTS) is 4. The van der Waals surface area contributed by atoms with Gasteiger partial charge in [-0.05, 0) is 12.8 Å². The van der Waals surface area contributed by atoms with Crippen molar-refractivity contribution in [2.45, 2.75) is 49.4 Å². The Kier molecular flexibility index (Phi) is 19.6. The molecule has 0 aliphatic heterocycles. The Hall–Kier alpha value is -0.870. The van der Waals surface area contributed by atoms with E-state index < -0.39 is 77.7 Å². The summed E-state index contributed by atoms with van der Waals surface area (Å²) in [6.45, 7) is 0.563. The standard InChI is InChI=1S/C16H25N3O10S.2Na/c1-2-16(15(28)29,5-11(21)22)30-7-9(13(25)18-6-12(23)24)19-10(20)4-3-8(17)14(26)27;;/h8-9H,2-7,17H2,1H3,(H,18,25)(H,19,20)(H,21,22)(H,23,24)(H,26,27)(H,28,29);;/q;2*+1/p-2. The van der Waals surface area contributed by atoms with E-state index in [1.807, 2.05) is 5.32 Å². The number of aliphatic carboxylic acids is 4. The number of hydrogen-bond donors (Lipinski definition) is 5. The van der Waals surface area contributed by atoms with Crippen LogP contribution >= 0.6 is 11.8 Å². The fourth-order valence-electron chi connectivity index (χ4n) is 2.19. The molecule has 0 fully saturated rings. The molecule has 170 valence electrons. The van der Waals surface area contributed by atoms with Gasteiger partial charge in [0.15, 0.2) is 0 Å². The van der Waals surface area contributed by atoms with E-state index in [4.69, 9.17) is 10.8 Å². The van der Waals surface area contributed by atoms with Gasteiger partial charge in [-0.15, -0.1) is 11.8 Å². The predicted octanol–water partition coefficient (Wildman–Crippen LogP) is -10.4. The van der Waals surface area contributed by atoms with Crippen molar-refractivity contribution >= 4 is 47.5 Å². The molecule has 0 saturated carbocycles. The van der Waals surface area contributed by atoms with E-state index in [0.717, 1.165) is 0 Å². The minimum Gasteiger partial charge on any atom is -0.548 e. The molecule has 0 aliphatic rings. The minimum atomic E-state index is -1.79. The molecule has 0 aromatic heterocycles. The van der Waals surface area contributed by atoms with Gasteiger partial charge in [-0.3, -0.25) is 19.2 Å². The molecular formula is C16H23N3Na2O10S. The maximum absolute atomic E-state index is 12.2. The largest absolute Gasteiger partial charge is 1.00 e. The number of rotatable bonds is 15. The maximum atomic E-state index is 12.2. The van der Waals surface area contributed by atoms with Crippen molar-refractivity contribution in [2.24, 2.45) is 5.73 Å². The second kappa shape index (κ2) is 17.6. The quantitative estimate of drug-likeness (QED) is 0.133. The van der Waals surface area contributed by atoms with E-state index in [1.54, 1.807) is 0 Å². The third-order valence-corrected chi connectivity index (χ3v) is 5.63. The fourth-order valence-corrected chi connectivity index (χ4v) is 3.46.